The number of benzene rings is 4. The second-order valence-corrected chi connectivity index (χ2v) is 9.00. The largest absolute Gasteiger partial charge is 0.331 e. The van der Waals surface area contributed by atoms with E-state index in [0.717, 1.165) is 44.5 Å². The SMILES string of the molecule is c1ccc(C2=NC(n3c4ccc(-c5ccccc5)cc4c4ncccc43)NC(c3ccccc3)=N2)cc1. The average molecular weight is 478 g/mol. The van der Waals surface area contributed by atoms with Crippen LogP contribution in [0.4, 0.5) is 0 Å². The van der Waals surface area contributed by atoms with Crippen molar-refractivity contribution in [3.8, 4) is 11.1 Å². The summed E-state index contributed by atoms with van der Waals surface area (Å²) in [7, 11) is 0. The Morgan fingerprint density at radius 1 is 0.595 bits per heavy atom. The number of hydrogen-bond donors (Lipinski definition) is 1. The maximum absolute atomic E-state index is 5.10. The van der Waals surface area contributed by atoms with E-state index in [2.05, 4.69) is 70.5 Å². The monoisotopic (exact) mass is 477 g/mol. The van der Waals surface area contributed by atoms with Crippen molar-refractivity contribution in [2.45, 2.75) is 6.29 Å². The molecule has 0 saturated heterocycles. The molecular weight excluding hydrogens is 454 g/mol. The summed E-state index contributed by atoms with van der Waals surface area (Å²) in [6, 6.07) is 41.4. The zero-order chi connectivity index (χ0) is 24.6. The van der Waals surface area contributed by atoms with Gasteiger partial charge in [0, 0.05) is 22.7 Å². The van der Waals surface area contributed by atoms with Crippen LogP contribution in [0.5, 0.6) is 0 Å². The van der Waals surface area contributed by atoms with E-state index < -0.39 is 6.29 Å². The first kappa shape index (κ1) is 21.3. The molecule has 5 heteroatoms. The van der Waals surface area contributed by atoms with Crippen LogP contribution in [-0.2, 0) is 0 Å². The van der Waals surface area contributed by atoms with Crippen molar-refractivity contribution in [3.63, 3.8) is 0 Å². The first-order valence-electron chi connectivity index (χ1n) is 12.3. The summed E-state index contributed by atoms with van der Waals surface area (Å²) in [6.07, 6.45) is 1.46. The van der Waals surface area contributed by atoms with Crippen molar-refractivity contribution in [1.82, 2.24) is 14.9 Å². The smallest absolute Gasteiger partial charge is 0.204 e. The second-order valence-electron chi connectivity index (χ2n) is 9.00. The fourth-order valence-electron chi connectivity index (χ4n) is 4.97. The molecule has 0 amide bonds. The summed E-state index contributed by atoms with van der Waals surface area (Å²) in [5.74, 6) is 1.49. The minimum atomic E-state index is -0.394. The summed E-state index contributed by atoms with van der Waals surface area (Å²) < 4.78 is 2.23. The Hall–Kier alpha value is -5.03. The highest BCUT2D eigenvalue weighted by Crippen LogP contribution is 2.34. The number of nitrogens with one attached hydrogen (secondary N) is 1. The Morgan fingerprint density at radius 2 is 1.27 bits per heavy atom. The molecule has 1 atom stereocenters. The Balaban J connectivity index is 1.43. The molecule has 0 radical (unpaired) electrons. The van der Waals surface area contributed by atoms with Gasteiger partial charge in [-0.25, -0.2) is 9.98 Å². The third-order valence-electron chi connectivity index (χ3n) is 6.72. The normalized spacial score (nSPS) is 15.3. The van der Waals surface area contributed by atoms with Crippen LogP contribution in [0.15, 0.2) is 138 Å². The average Bonchev–Trinajstić information content (AvgIpc) is 3.32. The molecule has 176 valence electrons. The van der Waals surface area contributed by atoms with E-state index in [1.165, 1.54) is 5.56 Å². The van der Waals surface area contributed by atoms with Gasteiger partial charge in [-0.1, -0.05) is 97.1 Å². The zero-order valence-corrected chi connectivity index (χ0v) is 20.0. The molecule has 0 saturated carbocycles. The van der Waals surface area contributed by atoms with Crippen molar-refractivity contribution < 1.29 is 0 Å². The molecule has 1 aliphatic rings. The highest BCUT2D eigenvalue weighted by atomic mass is 15.3. The molecule has 6 aromatic rings. The number of fused-ring (bicyclic) bond motifs is 3. The molecule has 1 N–H and O–H groups in total. The quantitative estimate of drug-likeness (QED) is 0.303. The molecule has 37 heavy (non-hydrogen) atoms. The molecule has 1 unspecified atom stereocenters. The van der Waals surface area contributed by atoms with E-state index in [-0.39, 0.29) is 0 Å². The molecule has 0 bridgehead atoms. The highest BCUT2D eigenvalue weighted by Gasteiger charge is 2.24. The fraction of sp³-hybridized carbons (Fsp3) is 0.0312. The van der Waals surface area contributed by atoms with E-state index >= 15 is 0 Å². The molecule has 5 nitrogen and oxygen atoms in total. The Morgan fingerprint density at radius 3 is 2.00 bits per heavy atom. The van der Waals surface area contributed by atoms with Crippen LogP contribution in [-0.4, -0.2) is 21.2 Å². The Labute approximate surface area is 214 Å². The van der Waals surface area contributed by atoms with Crippen LogP contribution in [0.1, 0.15) is 17.4 Å². The molecular formula is C32H23N5. The van der Waals surface area contributed by atoms with Gasteiger partial charge in [0.1, 0.15) is 5.84 Å². The van der Waals surface area contributed by atoms with Gasteiger partial charge in [-0.05, 0) is 35.4 Å². The van der Waals surface area contributed by atoms with Crippen LogP contribution in [0.3, 0.4) is 0 Å². The number of hydrogen-bond acceptors (Lipinski definition) is 4. The first-order valence-corrected chi connectivity index (χ1v) is 12.3. The van der Waals surface area contributed by atoms with E-state index in [0.29, 0.717) is 5.84 Å². The molecule has 7 rings (SSSR count). The predicted molar refractivity (Wildman–Crippen MR) is 151 cm³/mol. The lowest BCUT2D eigenvalue weighted by Crippen LogP contribution is -2.36. The molecule has 2 aromatic heterocycles. The van der Waals surface area contributed by atoms with Crippen LogP contribution in [0.25, 0.3) is 33.1 Å². The number of rotatable bonds is 4. The first-order chi connectivity index (χ1) is 18.3. The van der Waals surface area contributed by atoms with Gasteiger partial charge in [0.25, 0.3) is 0 Å². The van der Waals surface area contributed by atoms with Crippen molar-refractivity contribution in [1.29, 1.82) is 0 Å². The lowest BCUT2D eigenvalue weighted by Gasteiger charge is -2.25. The Bertz CT molecular complexity index is 1790. The number of nitrogens with zero attached hydrogens (tertiary/aromatic N) is 4. The van der Waals surface area contributed by atoms with Crippen molar-refractivity contribution in [2.24, 2.45) is 9.98 Å². The van der Waals surface area contributed by atoms with Gasteiger partial charge < -0.3 is 5.32 Å². The third-order valence-corrected chi connectivity index (χ3v) is 6.72. The summed E-state index contributed by atoms with van der Waals surface area (Å²) in [5, 5.41) is 4.70. The summed E-state index contributed by atoms with van der Waals surface area (Å²) in [6.45, 7) is 0. The number of pyridine rings is 1. The number of aromatic nitrogens is 2. The predicted octanol–water partition coefficient (Wildman–Crippen LogP) is 6.81. The summed E-state index contributed by atoms with van der Waals surface area (Å²) in [4.78, 5) is 14.8. The van der Waals surface area contributed by atoms with Gasteiger partial charge in [0.15, 0.2) is 5.84 Å². The van der Waals surface area contributed by atoms with E-state index in [1.54, 1.807) is 0 Å². The maximum atomic E-state index is 5.10. The van der Waals surface area contributed by atoms with E-state index in [1.807, 2.05) is 66.9 Å². The summed E-state index contributed by atoms with van der Waals surface area (Å²) in [5.41, 5.74) is 7.38. The minimum Gasteiger partial charge on any atom is -0.331 e. The standard InChI is InChI=1S/C32H23N5/c1-4-11-22(12-5-1)25-18-19-27-26(21-25)29-28(17-10-20-33-29)37(27)32-35-30(23-13-6-2-7-14-23)34-31(36-32)24-15-8-3-9-16-24/h1-21,32H,(H,34,35,36). The lowest BCUT2D eigenvalue weighted by atomic mass is 10.0. The third kappa shape index (κ3) is 3.78. The van der Waals surface area contributed by atoms with Crippen molar-refractivity contribution in [3.05, 3.63) is 139 Å². The highest BCUT2D eigenvalue weighted by molar-refractivity contribution is 6.13. The maximum Gasteiger partial charge on any atom is 0.204 e. The van der Waals surface area contributed by atoms with Gasteiger partial charge >= 0.3 is 0 Å². The molecule has 0 aliphatic carbocycles. The number of aliphatic imine (C=N–C) groups is 2. The second kappa shape index (κ2) is 8.88. The molecule has 4 aromatic carbocycles. The summed E-state index contributed by atoms with van der Waals surface area (Å²) >= 11 is 0. The van der Waals surface area contributed by atoms with Crippen molar-refractivity contribution >= 4 is 33.6 Å². The molecule has 3 heterocycles. The molecule has 0 fully saturated rings. The minimum absolute atomic E-state index is 0.394. The van der Waals surface area contributed by atoms with Crippen LogP contribution in [0.2, 0.25) is 0 Å². The van der Waals surface area contributed by atoms with Crippen LogP contribution < -0.4 is 5.32 Å². The van der Waals surface area contributed by atoms with Gasteiger partial charge in [0.05, 0.1) is 16.6 Å². The zero-order valence-electron chi connectivity index (χ0n) is 20.0. The number of amidine groups is 2. The van der Waals surface area contributed by atoms with Gasteiger partial charge in [-0.2, -0.15) is 0 Å². The van der Waals surface area contributed by atoms with Crippen LogP contribution >= 0.6 is 0 Å². The Kier molecular flexibility index (Phi) is 5.10. The molecule has 1 aliphatic heterocycles. The van der Waals surface area contributed by atoms with Gasteiger partial charge in [-0.3, -0.25) is 9.55 Å². The van der Waals surface area contributed by atoms with E-state index in [4.69, 9.17) is 15.0 Å². The van der Waals surface area contributed by atoms with Crippen molar-refractivity contribution in [2.75, 3.05) is 0 Å². The fourth-order valence-corrected chi connectivity index (χ4v) is 4.97. The van der Waals surface area contributed by atoms with E-state index in [9.17, 15) is 0 Å². The van der Waals surface area contributed by atoms with Crippen LogP contribution in [0, 0.1) is 0 Å². The molecule has 0 spiro atoms. The topological polar surface area (TPSA) is 54.6 Å². The lowest BCUT2D eigenvalue weighted by molar-refractivity contribution is 0.515. The van der Waals surface area contributed by atoms with Gasteiger partial charge in [-0.15, -0.1) is 0 Å². The van der Waals surface area contributed by atoms with Gasteiger partial charge in [0.2, 0.25) is 6.29 Å².